The lowest BCUT2D eigenvalue weighted by Gasteiger charge is -2.51. The predicted molar refractivity (Wildman–Crippen MR) is 123 cm³/mol. The molecule has 0 saturated heterocycles. The van der Waals surface area contributed by atoms with E-state index in [4.69, 9.17) is 10.00 Å². The van der Waals surface area contributed by atoms with Crippen LogP contribution in [-0.2, 0) is 4.79 Å². The molecule has 2 unspecified atom stereocenters. The molecule has 1 aliphatic heterocycles. The Hall–Kier alpha value is -3.34. The van der Waals surface area contributed by atoms with E-state index in [9.17, 15) is 13.6 Å². The maximum Gasteiger partial charge on any atom is 0.246 e. The van der Waals surface area contributed by atoms with Gasteiger partial charge in [0.25, 0.3) is 0 Å². The van der Waals surface area contributed by atoms with Gasteiger partial charge < -0.3 is 4.74 Å². The summed E-state index contributed by atoms with van der Waals surface area (Å²) in [7, 11) is 0. The Kier molecular flexibility index (Phi) is 5.51. The highest BCUT2D eigenvalue weighted by Crippen LogP contribution is 2.53. The molecule has 35 heavy (non-hydrogen) atoms. The number of carbonyl (C=O) groups excluding carboxylic acids is 1. The molecule has 7 rings (SSSR count). The minimum atomic E-state index is -0.519. The number of halogens is 2. The lowest BCUT2D eigenvalue weighted by molar-refractivity contribution is -0.148. The highest BCUT2D eigenvalue weighted by atomic mass is 19.1. The second-order valence-electron chi connectivity index (χ2n) is 10.3. The number of hydrogen-bond acceptors (Lipinski definition) is 5. The number of rotatable bonds is 6. The van der Waals surface area contributed by atoms with Crippen LogP contribution in [0.5, 0.6) is 5.88 Å². The van der Waals surface area contributed by atoms with Crippen molar-refractivity contribution in [3.8, 4) is 11.9 Å². The van der Waals surface area contributed by atoms with Crippen molar-refractivity contribution >= 4 is 12.1 Å². The second-order valence-corrected chi connectivity index (χ2v) is 10.3. The molecule has 6 nitrogen and oxygen atoms in total. The van der Waals surface area contributed by atoms with Crippen LogP contribution in [0.3, 0.4) is 0 Å². The molecule has 0 radical (unpaired) electrons. The van der Waals surface area contributed by atoms with Crippen molar-refractivity contribution in [2.45, 2.75) is 50.5 Å². The summed E-state index contributed by atoms with van der Waals surface area (Å²) in [6.07, 6.45) is 7.89. The largest absolute Gasteiger partial charge is 0.477 e. The molecule has 5 aliphatic rings. The van der Waals surface area contributed by atoms with Gasteiger partial charge in [0.2, 0.25) is 11.8 Å². The molecule has 0 spiro atoms. The predicted octanol–water partition coefficient (Wildman–Crippen LogP) is 5.11. The number of nitriles is 1. The fourth-order valence-corrected chi connectivity index (χ4v) is 6.00. The molecule has 1 amide bonds. The van der Waals surface area contributed by atoms with Crippen molar-refractivity contribution in [1.82, 2.24) is 9.99 Å². The zero-order valence-corrected chi connectivity index (χ0v) is 19.2. The van der Waals surface area contributed by atoms with E-state index in [1.807, 2.05) is 6.07 Å². The molecule has 4 aliphatic carbocycles. The van der Waals surface area contributed by atoms with Crippen LogP contribution in [0, 0.1) is 46.6 Å². The Balaban J connectivity index is 1.14. The summed E-state index contributed by atoms with van der Waals surface area (Å²) >= 11 is 0. The number of hydrogen-bond donors (Lipinski definition) is 0. The van der Waals surface area contributed by atoms with Gasteiger partial charge in [-0.1, -0.05) is 0 Å². The van der Waals surface area contributed by atoms with Crippen LogP contribution in [0.15, 0.2) is 35.6 Å². The van der Waals surface area contributed by atoms with Gasteiger partial charge in [-0.25, -0.2) is 18.8 Å². The first kappa shape index (κ1) is 22.1. The lowest BCUT2D eigenvalue weighted by Crippen LogP contribution is -2.50. The molecule has 2 bridgehead atoms. The fraction of sp³-hybridized carbons (Fsp3) is 0.481. The maximum absolute atomic E-state index is 14.7. The monoisotopic (exact) mass is 476 g/mol. The Labute approximate surface area is 202 Å². The molecule has 4 saturated carbocycles. The highest BCUT2D eigenvalue weighted by molar-refractivity contribution is 5.82. The Morgan fingerprint density at radius 3 is 2.57 bits per heavy atom. The lowest BCUT2D eigenvalue weighted by atomic mass is 9.55. The highest BCUT2D eigenvalue weighted by Gasteiger charge is 2.50. The van der Waals surface area contributed by atoms with Crippen molar-refractivity contribution in [2.75, 3.05) is 6.61 Å². The molecule has 0 N–H and O–H groups in total. The number of ether oxygens (including phenoxy) is 1. The molecule has 180 valence electrons. The van der Waals surface area contributed by atoms with Gasteiger partial charge in [-0.2, -0.15) is 10.4 Å². The van der Waals surface area contributed by atoms with Crippen molar-refractivity contribution in [2.24, 2.45) is 28.8 Å². The third-order valence-electron chi connectivity index (χ3n) is 8.16. The van der Waals surface area contributed by atoms with E-state index in [0.717, 1.165) is 25.7 Å². The van der Waals surface area contributed by atoms with Gasteiger partial charge in [-0.05, 0) is 79.5 Å². The van der Waals surface area contributed by atoms with Gasteiger partial charge in [0.05, 0.1) is 18.2 Å². The summed E-state index contributed by atoms with van der Waals surface area (Å²) in [5.41, 5.74) is 1.12. The summed E-state index contributed by atoms with van der Waals surface area (Å²) in [5.74, 6) is 0.234. The van der Waals surface area contributed by atoms with Crippen LogP contribution in [0.2, 0.25) is 0 Å². The van der Waals surface area contributed by atoms with Gasteiger partial charge in [-0.15, -0.1) is 0 Å². The quantitative estimate of drug-likeness (QED) is 0.581. The smallest absolute Gasteiger partial charge is 0.246 e. The van der Waals surface area contributed by atoms with Gasteiger partial charge >= 0.3 is 0 Å². The van der Waals surface area contributed by atoms with Crippen LogP contribution >= 0.6 is 0 Å². The first-order valence-corrected chi connectivity index (χ1v) is 12.3. The minimum Gasteiger partial charge on any atom is -0.477 e. The molecular formula is C27H26F2N4O2. The first-order chi connectivity index (χ1) is 17.0. The first-order valence-electron chi connectivity index (χ1n) is 12.3. The number of aromatic nitrogens is 1. The van der Waals surface area contributed by atoms with E-state index in [1.54, 1.807) is 18.3 Å². The average molecular weight is 477 g/mol. The summed E-state index contributed by atoms with van der Waals surface area (Å²) in [5, 5.41) is 14.7. The van der Waals surface area contributed by atoms with Crippen LogP contribution in [-0.4, -0.2) is 28.7 Å². The summed E-state index contributed by atoms with van der Waals surface area (Å²) in [4.78, 5) is 17.8. The summed E-state index contributed by atoms with van der Waals surface area (Å²) < 4.78 is 35.3. The van der Waals surface area contributed by atoms with E-state index in [-0.39, 0.29) is 29.2 Å². The van der Waals surface area contributed by atoms with Crippen LogP contribution in [0.4, 0.5) is 8.78 Å². The maximum atomic E-state index is 14.7. The Morgan fingerprint density at radius 1 is 1.14 bits per heavy atom. The zero-order chi connectivity index (χ0) is 24.1. The topological polar surface area (TPSA) is 78.6 Å². The van der Waals surface area contributed by atoms with Gasteiger partial charge in [-0.3, -0.25) is 4.79 Å². The van der Waals surface area contributed by atoms with Crippen LogP contribution < -0.4 is 4.74 Å². The molecular weight excluding hydrogens is 450 g/mol. The average Bonchev–Trinajstić information content (AvgIpc) is 3.55. The number of hydrazone groups is 1. The normalized spacial score (nSPS) is 28.9. The second kappa shape index (κ2) is 8.71. The third kappa shape index (κ3) is 4.07. The zero-order valence-electron chi connectivity index (χ0n) is 19.2. The van der Waals surface area contributed by atoms with E-state index in [1.165, 1.54) is 23.3 Å². The van der Waals surface area contributed by atoms with Crippen molar-refractivity contribution in [3.05, 3.63) is 58.8 Å². The SMILES string of the molecule is N#Cc1ccc(OCC2C[C@H](C(=O)N3N=CCC3c3cc(F)c(C4CC4)c(F)c3)C3CC2C3)nc1. The van der Waals surface area contributed by atoms with Gasteiger partial charge in [0.1, 0.15) is 17.7 Å². The molecule has 8 heteroatoms. The standard InChI is InChI=1S/C27H26F2N4O2/c28-22-10-19(11-23(29)26(22)16-2-3-16)24-5-6-32-33(24)27(34)21-9-20(17-7-18(21)8-17)14-35-25-4-1-15(12-30)13-31-25/h1,4,6,10-11,13,16-18,20-21,24H,2-3,5,7-9,14H2/t17?,18?,20?,21-,24?/m0/s1. The molecule has 2 heterocycles. The van der Waals surface area contributed by atoms with Crippen LogP contribution in [0.25, 0.3) is 0 Å². The van der Waals surface area contributed by atoms with Gasteiger partial charge in [0, 0.05) is 36.4 Å². The molecule has 4 fully saturated rings. The van der Waals surface area contributed by atoms with E-state index >= 15 is 0 Å². The van der Waals surface area contributed by atoms with Crippen LogP contribution in [0.1, 0.15) is 67.2 Å². The number of pyridine rings is 1. The molecule has 2 aromatic rings. The molecule has 1 aromatic heterocycles. The number of carbonyl (C=O) groups is 1. The number of nitrogens with zero attached hydrogens (tertiary/aromatic N) is 4. The number of fused-ring (bicyclic) bond motifs is 2. The third-order valence-corrected chi connectivity index (χ3v) is 8.16. The molecule has 3 atom stereocenters. The fourth-order valence-electron chi connectivity index (χ4n) is 6.00. The summed E-state index contributed by atoms with van der Waals surface area (Å²) in [6.45, 7) is 0.464. The Morgan fingerprint density at radius 2 is 1.91 bits per heavy atom. The van der Waals surface area contributed by atoms with Crippen molar-refractivity contribution in [1.29, 1.82) is 5.26 Å². The van der Waals surface area contributed by atoms with Crippen molar-refractivity contribution in [3.63, 3.8) is 0 Å². The van der Waals surface area contributed by atoms with E-state index in [2.05, 4.69) is 10.1 Å². The van der Waals surface area contributed by atoms with Crippen molar-refractivity contribution < 1.29 is 18.3 Å². The number of benzene rings is 1. The van der Waals surface area contributed by atoms with Gasteiger partial charge in [0.15, 0.2) is 0 Å². The minimum absolute atomic E-state index is 0.0194. The Bertz CT molecular complexity index is 1190. The molecule has 1 aromatic carbocycles. The number of amides is 1. The summed E-state index contributed by atoms with van der Waals surface area (Å²) in [6, 6.07) is 7.69. The van der Waals surface area contributed by atoms with E-state index < -0.39 is 17.7 Å². The van der Waals surface area contributed by atoms with E-state index in [0.29, 0.717) is 48.3 Å².